The summed E-state index contributed by atoms with van der Waals surface area (Å²) in [6.45, 7) is -6.84. The molecule has 7 nitrogen and oxygen atoms in total. The number of methoxy groups -OCH3 is 1. The topological polar surface area (TPSA) is 72.5 Å². The molecule has 0 spiro atoms. The molecule has 2 aromatic heterocycles. The monoisotopic (exact) mass is 459 g/mol. The highest BCUT2D eigenvalue weighted by molar-refractivity contribution is 5.87. The van der Waals surface area contributed by atoms with Crippen molar-refractivity contribution < 1.29 is 30.9 Å². The standard InChI is InChI=1S/C25H27FN4O3/c1-16-12-17-19(29-16)6-7-21(24(17)26)33-25-18-13-22(31-2)23(14-20(18)27-15-28-25)32-11-5-10-30-8-3-4-9-30/h6-7,12-15,29H,3-5,8-11H2,1-2H3/i3D,4D2,8D2,9D2,11D2. The summed E-state index contributed by atoms with van der Waals surface area (Å²) in [5.41, 5.74) is 1.64. The molecule has 5 rings (SSSR count). The third kappa shape index (κ3) is 4.43. The van der Waals surface area contributed by atoms with Gasteiger partial charge < -0.3 is 24.1 Å². The van der Waals surface area contributed by atoms with Crippen molar-refractivity contribution in [2.45, 2.75) is 26.1 Å². The zero-order valence-corrected chi connectivity index (χ0v) is 17.9. The van der Waals surface area contributed by atoms with Crippen molar-refractivity contribution >= 4 is 21.8 Å². The molecule has 172 valence electrons. The van der Waals surface area contributed by atoms with Gasteiger partial charge in [-0.1, -0.05) is 0 Å². The molecule has 1 saturated heterocycles. The summed E-state index contributed by atoms with van der Waals surface area (Å²) in [7, 11) is 1.32. The number of fused-ring (bicyclic) bond motifs is 2. The van der Waals surface area contributed by atoms with E-state index in [9.17, 15) is 0 Å². The van der Waals surface area contributed by atoms with Crippen LogP contribution in [-0.4, -0.2) is 53.1 Å². The lowest BCUT2D eigenvalue weighted by atomic mass is 10.2. The van der Waals surface area contributed by atoms with Crippen molar-refractivity contribution in [3.63, 3.8) is 0 Å². The number of nitrogens with one attached hydrogen (secondary N) is 1. The van der Waals surface area contributed by atoms with Gasteiger partial charge in [0, 0.05) is 38.8 Å². The number of halogens is 1. The van der Waals surface area contributed by atoms with E-state index in [0.717, 1.165) is 5.69 Å². The SMILES string of the molecule is [2H]C1C([2H])([2H])N(CCC([2H])([2H])Oc2cc3ncnc(Oc4ccc5[nH]c(C)cc5c4F)c3cc2OC)C([2H])([2H])C1([2H])[2H]. The van der Waals surface area contributed by atoms with E-state index in [-0.39, 0.29) is 28.6 Å². The van der Waals surface area contributed by atoms with Crippen molar-refractivity contribution in [3.05, 3.63) is 48.2 Å². The number of hydrogen-bond acceptors (Lipinski definition) is 6. The Balaban J connectivity index is 1.40. The zero-order valence-electron chi connectivity index (χ0n) is 26.9. The maximum atomic E-state index is 15.2. The van der Waals surface area contributed by atoms with E-state index in [1.165, 1.54) is 31.6 Å². The minimum Gasteiger partial charge on any atom is -0.493 e. The van der Waals surface area contributed by atoms with Crippen molar-refractivity contribution in [2.75, 3.05) is 33.2 Å². The second-order valence-corrected chi connectivity index (χ2v) is 7.27. The number of aromatic nitrogens is 3. The van der Waals surface area contributed by atoms with Gasteiger partial charge in [0.1, 0.15) is 6.33 Å². The first-order chi connectivity index (χ1) is 19.5. The summed E-state index contributed by atoms with van der Waals surface area (Å²) < 4.78 is 105. The number of nitrogens with zero attached hydrogens (tertiary/aromatic N) is 3. The average molecular weight is 460 g/mol. The lowest BCUT2D eigenvalue weighted by Gasteiger charge is -2.16. The van der Waals surface area contributed by atoms with Gasteiger partial charge in [0.15, 0.2) is 23.1 Å². The maximum Gasteiger partial charge on any atom is 0.230 e. The maximum absolute atomic E-state index is 15.2. The zero-order chi connectivity index (χ0) is 30.8. The number of hydrogen-bond donors (Lipinski definition) is 1. The molecule has 3 heterocycles. The molecule has 0 amide bonds. The van der Waals surface area contributed by atoms with Gasteiger partial charge in [-0.25, -0.2) is 14.4 Å². The predicted molar refractivity (Wildman–Crippen MR) is 125 cm³/mol. The van der Waals surface area contributed by atoms with Gasteiger partial charge in [-0.15, -0.1) is 0 Å². The molecule has 1 aliphatic heterocycles. The predicted octanol–water partition coefficient (Wildman–Crippen LogP) is 5.22. The molecule has 2 aromatic carbocycles. The Morgan fingerprint density at radius 3 is 2.88 bits per heavy atom. The number of ether oxygens (including phenoxy) is 3. The summed E-state index contributed by atoms with van der Waals surface area (Å²) >= 11 is 0. The van der Waals surface area contributed by atoms with Gasteiger partial charge in [0.2, 0.25) is 5.88 Å². The van der Waals surface area contributed by atoms with Crippen LogP contribution in [-0.2, 0) is 0 Å². The summed E-state index contributed by atoms with van der Waals surface area (Å²) in [6, 6.07) is 7.59. The fraction of sp³-hybridized carbons (Fsp3) is 0.360. The first-order valence-corrected chi connectivity index (χ1v) is 10.2. The van der Waals surface area contributed by atoms with Crippen LogP contribution in [0.5, 0.6) is 23.1 Å². The van der Waals surface area contributed by atoms with Gasteiger partial charge >= 0.3 is 0 Å². The molecular weight excluding hydrogens is 423 g/mol. The Hall–Kier alpha value is -3.39. The fourth-order valence-electron chi connectivity index (χ4n) is 3.49. The number of aromatic amines is 1. The van der Waals surface area contributed by atoms with Gasteiger partial charge in [0.05, 0.1) is 27.3 Å². The van der Waals surface area contributed by atoms with Crippen molar-refractivity contribution in [3.8, 4) is 23.1 Å². The third-order valence-corrected chi connectivity index (χ3v) is 5.04. The molecule has 0 bridgehead atoms. The van der Waals surface area contributed by atoms with Gasteiger partial charge in [-0.2, -0.15) is 0 Å². The molecule has 4 aromatic rings. The molecule has 1 unspecified atom stereocenters. The first kappa shape index (κ1) is 13.3. The van der Waals surface area contributed by atoms with E-state index in [1.807, 2.05) is 0 Å². The highest BCUT2D eigenvalue weighted by atomic mass is 19.1. The van der Waals surface area contributed by atoms with E-state index >= 15 is 4.39 Å². The lowest BCUT2D eigenvalue weighted by Crippen LogP contribution is -2.21. The first-order valence-electron chi connectivity index (χ1n) is 14.7. The Bertz CT molecular complexity index is 1670. The van der Waals surface area contributed by atoms with E-state index in [0.29, 0.717) is 21.2 Å². The quantitative estimate of drug-likeness (QED) is 0.389. The summed E-state index contributed by atoms with van der Waals surface area (Å²) in [5.74, 6) is -0.678. The molecule has 0 radical (unpaired) electrons. The molecule has 1 aliphatic rings. The number of aryl methyl sites for hydroxylation is 1. The Kier molecular flexibility index (Phi) is 3.73. The van der Waals surface area contributed by atoms with Crippen LogP contribution in [0.25, 0.3) is 21.8 Å². The van der Waals surface area contributed by atoms with Crippen LogP contribution in [0.4, 0.5) is 4.39 Å². The largest absolute Gasteiger partial charge is 0.493 e. The minimum absolute atomic E-state index is 0.0103. The Morgan fingerprint density at radius 1 is 1.15 bits per heavy atom. The van der Waals surface area contributed by atoms with E-state index in [4.69, 9.17) is 26.5 Å². The second kappa shape index (κ2) is 9.23. The summed E-state index contributed by atoms with van der Waals surface area (Å²) in [6.07, 6.45) is -4.28. The van der Waals surface area contributed by atoms with Gasteiger partial charge in [-0.05, 0) is 63.4 Å². The highest BCUT2D eigenvalue weighted by Gasteiger charge is 2.17. The lowest BCUT2D eigenvalue weighted by molar-refractivity contribution is 0.254. The van der Waals surface area contributed by atoms with Gasteiger partial charge in [-0.3, -0.25) is 0 Å². The normalized spacial score (nSPS) is 25.5. The smallest absolute Gasteiger partial charge is 0.230 e. The number of likely N-dealkylation sites (tertiary alicyclic amines) is 1. The molecule has 1 atom stereocenters. The fourth-order valence-corrected chi connectivity index (χ4v) is 3.49. The molecule has 0 aliphatic carbocycles. The Labute approximate surface area is 204 Å². The Morgan fingerprint density at radius 2 is 2.06 bits per heavy atom. The highest BCUT2D eigenvalue weighted by Crippen LogP contribution is 2.37. The van der Waals surface area contributed by atoms with E-state index in [2.05, 4.69) is 15.0 Å². The average Bonchev–Trinajstić information content (AvgIpc) is 3.33. The van der Waals surface area contributed by atoms with Crippen LogP contribution in [0, 0.1) is 12.7 Å². The van der Waals surface area contributed by atoms with Crippen LogP contribution in [0.15, 0.2) is 36.7 Å². The van der Waals surface area contributed by atoms with Crippen molar-refractivity contribution in [1.82, 2.24) is 19.9 Å². The molecular formula is C25H27FN4O3. The van der Waals surface area contributed by atoms with Crippen LogP contribution in [0.1, 0.15) is 37.2 Å². The number of rotatable bonds is 8. The number of H-pyrrole nitrogens is 1. The van der Waals surface area contributed by atoms with Gasteiger partial charge in [0.25, 0.3) is 0 Å². The molecule has 1 N–H and O–H groups in total. The van der Waals surface area contributed by atoms with Crippen molar-refractivity contribution in [1.29, 1.82) is 0 Å². The minimum atomic E-state index is -2.86. The molecule has 33 heavy (non-hydrogen) atoms. The summed E-state index contributed by atoms with van der Waals surface area (Å²) in [4.78, 5) is 11.9. The molecule has 8 heteroatoms. The second-order valence-electron chi connectivity index (χ2n) is 7.27. The van der Waals surface area contributed by atoms with Crippen molar-refractivity contribution in [2.24, 2.45) is 0 Å². The number of benzene rings is 2. The van der Waals surface area contributed by atoms with E-state index < -0.39 is 51.1 Å². The molecule has 0 saturated carbocycles. The van der Waals surface area contributed by atoms with Crippen LogP contribution in [0.3, 0.4) is 0 Å². The van der Waals surface area contributed by atoms with Crippen LogP contribution in [0.2, 0.25) is 0 Å². The third-order valence-electron chi connectivity index (χ3n) is 5.04. The summed E-state index contributed by atoms with van der Waals surface area (Å²) in [5, 5.41) is 0.664. The van der Waals surface area contributed by atoms with E-state index in [1.54, 1.807) is 19.1 Å². The van der Waals surface area contributed by atoms with Crippen LogP contribution >= 0.6 is 0 Å². The van der Waals surface area contributed by atoms with Crippen LogP contribution < -0.4 is 14.2 Å². The molecule has 1 fully saturated rings.